The van der Waals surface area contributed by atoms with E-state index in [1.54, 1.807) is 20.1 Å². The lowest BCUT2D eigenvalue weighted by atomic mass is 9.99. The van der Waals surface area contributed by atoms with Crippen LogP contribution in [-0.4, -0.2) is 69.8 Å². The fourth-order valence-corrected chi connectivity index (χ4v) is 6.84. The predicted octanol–water partition coefficient (Wildman–Crippen LogP) is 4.32. The first-order valence-corrected chi connectivity index (χ1v) is 16.8. The second-order valence-corrected chi connectivity index (χ2v) is 13.2. The van der Waals surface area contributed by atoms with E-state index in [4.69, 9.17) is 9.57 Å². The number of aliphatic hydroxyl groups excluding tert-OH is 1. The van der Waals surface area contributed by atoms with Gasteiger partial charge in [0.25, 0.3) is 5.91 Å². The largest absolute Gasteiger partial charge is 0.497 e. The molecule has 1 aliphatic heterocycles. The van der Waals surface area contributed by atoms with Gasteiger partial charge in [0.05, 0.1) is 36.4 Å². The zero-order chi connectivity index (χ0) is 34.0. The summed E-state index contributed by atoms with van der Waals surface area (Å²) in [6.45, 7) is 6.06. The van der Waals surface area contributed by atoms with Gasteiger partial charge in [-0.15, -0.1) is 0 Å². The van der Waals surface area contributed by atoms with Crippen LogP contribution < -0.4 is 19.7 Å². The van der Waals surface area contributed by atoms with Crippen molar-refractivity contribution in [1.82, 2.24) is 10.6 Å². The van der Waals surface area contributed by atoms with E-state index in [0.29, 0.717) is 36.4 Å². The first kappa shape index (κ1) is 35.5. The summed E-state index contributed by atoms with van der Waals surface area (Å²) in [5, 5.41) is 21.3. The Morgan fingerprint density at radius 3 is 2.53 bits per heavy atom. The summed E-state index contributed by atoms with van der Waals surface area (Å²) in [4.78, 5) is 19.0. The Morgan fingerprint density at radius 1 is 1.09 bits per heavy atom. The third-order valence-electron chi connectivity index (χ3n) is 7.60. The van der Waals surface area contributed by atoms with Crippen molar-refractivity contribution in [2.45, 2.75) is 44.9 Å². The molecule has 252 valence electrons. The van der Waals surface area contributed by atoms with Gasteiger partial charge in [-0.25, -0.2) is 17.2 Å². The zero-order valence-electron chi connectivity index (χ0n) is 26.4. The molecule has 0 aliphatic carbocycles. The molecule has 0 radical (unpaired) electrons. The Kier molecular flexibility index (Phi) is 12.5. The monoisotopic (exact) mass is 670 g/mol. The number of oxime groups is 1. The first-order valence-electron chi connectivity index (χ1n) is 15.2. The van der Waals surface area contributed by atoms with Gasteiger partial charge < -0.3 is 25.3 Å². The Labute approximate surface area is 274 Å². The minimum absolute atomic E-state index is 0.0184. The van der Waals surface area contributed by atoms with Gasteiger partial charge in [0.15, 0.2) is 0 Å². The van der Waals surface area contributed by atoms with Crippen LogP contribution in [-0.2, 0) is 27.8 Å². The molecule has 10 nitrogen and oxygen atoms in total. The van der Waals surface area contributed by atoms with E-state index in [-0.39, 0.29) is 48.7 Å². The summed E-state index contributed by atoms with van der Waals surface area (Å²) in [7, 11) is -2.05. The summed E-state index contributed by atoms with van der Waals surface area (Å²) in [5.41, 5.74) is 2.36. The number of carbonyl (C=O) groups is 1. The van der Waals surface area contributed by atoms with Crippen molar-refractivity contribution >= 4 is 27.3 Å². The Hall–Kier alpha value is -4.33. The molecular weight excluding hydrogens is 630 g/mol. The molecule has 0 bridgehead atoms. The van der Waals surface area contributed by atoms with Crippen LogP contribution in [0.4, 0.5) is 14.5 Å². The zero-order valence-corrected chi connectivity index (χ0v) is 27.2. The van der Waals surface area contributed by atoms with E-state index < -0.39 is 39.7 Å². The van der Waals surface area contributed by atoms with Gasteiger partial charge >= 0.3 is 0 Å². The third-order valence-corrected chi connectivity index (χ3v) is 9.47. The minimum Gasteiger partial charge on any atom is -0.497 e. The maximum absolute atomic E-state index is 14.1. The molecule has 1 heterocycles. The number of rotatable bonds is 15. The Bertz CT molecular complexity index is 1680. The molecule has 1 saturated heterocycles. The van der Waals surface area contributed by atoms with Gasteiger partial charge in [0.2, 0.25) is 10.0 Å². The standard InChI is InChI=1S/C34H40F2N4O6S/c1-4-11-46-39-23(2)26-17-27(19-30(18-26)40-10-5-6-12-47(40,43)44)34(42)38-32(16-25-13-28(35)20-29(36)14-25)33(41)22-37-21-24-8-7-9-31(15-24)45-3/h4,7-9,13-15,17-20,32-33,37,41H,1,5-6,10-12,16,21-22H2,2-3H3,(H,38,42)/b39-23-/t32-,33+/m0/s1. The van der Waals surface area contributed by atoms with Crippen LogP contribution in [0.25, 0.3) is 0 Å². The SMILES string of the molecule is C=CCO/N=C(/C)c1cc(C(=O)N[C@@H](Cc2cc(F)cc(F)c2)[C@H](O)CNCc2cccc(OC)c2)cc(N2CCCCS2(=O)=O)c1. The molecule has 0 unspecified atom stereocenters. The molecule has 3 N–H and O–H groups in total. The number of benzene rings is 3. The molecule has 13 heteroatoms. The predicted molar refractivity (Wildman–Crippen MR) is 177 cm³/mol. The highest BCUT2D eigenvalue weighted by molar-refractivity contribution is 7.92. The normalized spacial score (nSPS) is 15.9. The fraction of sp³-hybridized carbons (Fsp3) is 0.353. The molecule has 0 spiro atoms. The number of nitrogens with zero attached hydrogens (tertiary/aromatic N) is 2. The maximum atomic E-state index is 14.1. The molecular formula is C34H40F2N4O6S. The van der Waals surface area contributed by atoms with Crippen molar-refractivity contribution in [2.75, 3.05) is 36.9 Å². The number of nitrogens with one attached hydrogen (secondary N) is 2. The van der Waals surface area contributed by atoms with E-state index in [1.807, 2.05) is 24.3 Å². The van der Waals surface area contributed by atoms with Crippen molar-refractivity contribution in [1.29, 1.82) is 0 Å². The number of carbonyl (C=O) groups excluding carboxylic acids is 1. The van der Waals surface area contributed by atoms with Crippen LogP contribution in [0.1, 0.15) is 46.8 Å². The van der Waals surface area contributed by atoms with Crippen LogP contribution in [0.2, 0.25) is 0 Å². The van der Waals surface area contributed by atoms with E-state index >= 15 is 0 Å². The van der Waals surface area contributed by atoms with Crippen molar-refractivity contribution in [2.24, 2.45) is 5.16 Å². The summed E-state index contributed by atoms with van der Waals surface area (Å²) in [6, 6.07) is 14.0. The highest BCUT2D eigenvalue weighted by Gasteiger charge is 2.28. The summed E-state index contributed by atoms with van der Waals surface area (Å²) >= 11 is 0. The number of sulfonamides is 1. The molecule has 3 aromatic carbocycles. The van der Waals surface area contributed by atoms with E-state index in [0.717, 1.165) is 23.8 Å². The van der Waals surface area contributed by atoms with Gasteiger partial charge in [-0.05, 0) is 79.8 Å². The Morgan fingerprint density at radius 2 is 1.83 bits per heavy atom. The number of hydrogen-bond donors (Lipinski definition) is 3. The summed E-state index contributed by atoms with van der Waals surface area (Å²) in [5.74, 6) is -1.55. The number of hydrogen-bond acceptors (Lipinski definition) is 8. The van der Waals surface area contributed by atoms with Gasteiger partial charge in [0, 0.05) is 36.8 Å². The molecule has 4 rings (SSSR count). The molecule has 0 saturated carbocycles. The van der Waals surface area contributed by atoms with Crippen LogP contribution in [0.3, 0.4) is 0 Å². The number of aliphatic hydroxyl groups is 1. The molecule has 0 aromatic heterocycles. The van der Waals surface area contributed by atoms with Gasteiger partial charge in [-0.3, -0.25) is 9.10 Å². The van der Waals surface area contributed by atoms with Crippen LogP contribution in [0.5, 0.6) is 5.75 Å². The third kappa shape index (κ3) is 10.1. The van der Waals surface area contributed by atoms with E-state index in [2.05, 4.69) is 22.4 Å². The second-order valence-electron chi connectivity index (χ2n) is 11.2. The number of amides is 1. The summed E-state index contributed by atoms with van der Waals surface area (Å²) in [6.07, 6.45) is 1.44. The highest BCUT2D eigenvalue weighted by atomic mass is 32.2. The van der Waals surface area contributed by atoms with Crippen molar-refractivity contribution in [3.63, 3.8) is 0 Å². The lowest BCUT2D eigenvalue weighted by Gasteiger charge is -2.29. The second kappa shape index (κ2) is 16.5. The van der Waals surface area contributed by atoms with Crippen molar-refractivity contribution < 1.29 is 36.7 Å². The number of anilines is 1. The van der Waals surface area contributed by atoms with Gasteiger partial charge in [-0.2, -0.15) is 0 Å². The molecule has 2 atom stereocenters. The average molecular weight is 671 g/mol. The summed E-state index contributed by atoms with van der Waals surface area (Å²) < 4.78 is 60.6. The smallest absolute Gasteiger partial charge is 0.251 e. The average Bonchev–Trinajstić information content (AvgIpc) is 3.03. The molecule has 1 fully saturated rings. The van der Waals surface area contributed by atoms with Gasteiger partial charge in [-0.1, -0.05) is 29.9 Å². The van der Waals surface area contributed by atoms with Crippen LogP contribution in [0, 0.1) is 11.6 Å². The topological polar surface area (TPSA) is 130 Å². The molecule has 1 amide bonds. The number of methoxy groups -OCH3 is 1. The van der Waals surface area contributed by atoms with E-state index in [9.17, 15) is 27.1 Å². The first-order chi connectivity index (χ1) is 22.5. The van der Waals surface area contributed by atoms with Crippen molar-refractivity contribution in [3.8, 4) is 5.75 Å². The highest BCUT2D eigenvalue weighted by Crippen LogP contribution is 2.27. The lowest BCUT2D eigenvalue weighted by molar-refractivity contribution is 0.0830. The number of ether oxygens (including phenoxy) is 1. The Balaban J connectivity index is 1.62. The maximum Gasteiger partial charge on any atom is 0.251 e. The van der Waals surface area contributed by atoms with Crippen LogP contribution in [0.15, 0.2) is 78.5 Å². The number of halogens is 2. The molecule has 3 aromatic rings. The van der Waals surface area contributed by atoms with Gasteiger partial charge in [0.1, 0.15) is 24.0 Å². The van der Waals surface area contributed by atoms with E-state index in [1.165, 1.54) is 22.5 Å². The molecule has 47 heavy (non-hydrogen) atoms. The molecule has 1 aliphatic rings. The fourth-order valence-electron chi connectivity index (χ4n) is 5.22. The minimum atomic E-state index is -3.62. The lowest BCUT2D eigenvalue weighted by Crippen LogP contribution is -2.48. The van der Waals surface area contributed by atoms with Crippen LogP contribution >= 0.6 is 0 Å². The van der Waals surface area contributed by atoms with Crippen molar-refractivity contribution in [3.05, 3.63) is 107 Å². The quantitative estimate of drug-likeness (QED) is 0.0951.